The van der Waals surface area contributed by atoms with Crippen LogP contribution in [0, 0.1) is 0 Å². The van der Waals surface area contributed by atoms with Gasteiger partial charge in [-0.1, -0.05) is 85.8 Å². The van der Waals surface area contributed by atoms with Crippen LogP contribution in [-0.2, 0) is 12.8 Å². The molecule has 0 saturated heterocycles. The number of hydrogen-bond donors (Lipinski definition) is 1. The fraction of sp³-hybridized carbons (Fsp3) is 0.217. The van der Waals surface area contributed by atoms with E-state index in [9.17, 15) is 5.11 Å². The lowest BCUT2D eigenvalue weighted by Crippen LogP contribution is -2.00. The quantitative estimate of drug-likeness (QED) is 0.629. The van der Waals surface area contributed by atoms with Gasteiger partial charge in [0.2, 0.25) is 0 Å². The number of aryl methyl sites for hydroxylation is 2. The Morgan fingerprint density at radius 1 is 0.708 bits per heavy atom. The smallest absolute Gasteiger partial charge is 0.0793 e. The Kier molecular flexibility index (Phi) is 5.45. The Hall–Kier alpha value is -2.38. The molecule has 1 unspecified atom stereocenters. The van der Waals surface area contributed by atoms with Gasteiger partial charge in [-0.3, -0.25) is 0 Å². The molecule has 0 amide bonds. The SMILES string of the molecule is CCc1ccc(C(O)CCc2ccc(-c3ccccc3)cc2)cc1. The number of rotatable bonds is 6. The first-order chi connectivity index (χ1) is 11.8. The van der Waals surface area contributed by atoms with Crippen molar-refractivity contribution < 1.29 is 5.11 Å². The molecule has 122 valence electrons. The Labute approximate surface area is 144 Å². The molecular formula is C23H24O. The highest BCUT2D eigenvalue weighted by Crippen LogP contribution is 2.22. The zero-order valence-corrected chi connectivity index (χ0v) is 14.2. The molecule has 0 radical (unpaired) electrons. The standard InChI is InChI=1S/C23H24O/c1-2-18-8-15-22(16-9-18)23(24)17-12-19-10-13-21(14-11-19)20-6-4-3-5-7-20/h3-11,13-16,23-24H,2,12,17H2,1H3. The molecule has 24 heavy (non-hydrogen) atoms. The van der Waals surface area contributed by atoms with Crippen molar-refractivity contribution in [3.63, 3.8) is 0 Å². The maximum absolute atomic E-state index is 10.4. The van der Waals surface area contributed by atoms with Crippen molar-refractivity contribution in [2.75, 3.05) is 0 Å². The van der Waals surface area contributed by atoms with Gasteiger partial charge in [-0.25, -0.2) is 0 Å². The van der Waals surface area contributed by atoms with Crippen molar-refractivity contribution in [1.29, 1.82) is 0 Å². The Balaban J connectivity index is 1.60. The van der Waals surface area contributed by atoms with Crippen LogP contribution in [0.25, 0.3) is 11.1 Å². The van der Waals surface area contributed by atoms with E-state index in [1.165, 1.54) is 22.3 Å². The molecule has 1 atom stereocenters. The fourth-order valence-corrected chi connectivity index (χ4v) is 2.94. The van der Waals surface area contributed by atoms with Gasteiger partial charge < -0.3 is 5.11 Å². The normalized spacial score (nSPS) is 12.1. The largest absolute Gasteiger partial charge is 0.388 e. The molecule has 3 aromatic carbocycles. The van der Waals surface area contributed by atoms with Crippen molar-refractivity contribution in [2.45, 2.75) is 32.3 Å². The molecule has 3 aromatic rings. The Morgan fingerprint density at radius 2 is 1.29 bits per heavy atom. The predicted molar refractivity (Wildman–Crippen MR) is 101 cm³/mol. The van der Waals surface area contributed by atoms with E-state index >= 15 is 0 Å². The lowest BCUT2D eigenvalue weighted by Gasteiger charge is -2.12. The summed E-state index contributed by atoms with van der Waals surface area (Å²) in [7, 11) is 0. The van der Waals surface area contributed by atoms with E-state index in [2.05, 4.69) is 67.6 Å². The molecule has 1 N–H and O–H groups in total. The molecule has 0 bridgehead atoms. The van der Waals surface area contributed by atoms with Crippen LogP contribution >= 0.6 is 0 Å². The lowest BCUT2D eigenvalue weighted by molar-refractivity contribution is 0.168. The molecule has 0 spiro atoms. The van der Waals surface area contributed by atoms with Crippen molar-refractivity contribution in [3.05, 3.63) is 95.6 Å². The van der Waals surface area contributed by atoms with Gasteiger partial charge in [0, 0.05) is 0 Å². The first-order valence-electron chi connectivity index (χ1n) is 8.67. The zero-order chi connectivity index (χ0) is 16.8. The number of aliphatic hydroxyl groups is 1. The van der Waals surface area contributed by atoms with Gasteiger partial charge in [0.15, 0.2) is 0 Å². The molecular weight excluding hydrogens is 292 g/mol. The van der Waals surface area contributed by atoms with E-state index in [4.69, 9.17) is 0 Å². The van der Waals surface area contributed by atoms with Gasteiger partial charge in [0.05, 0.1) is 6.10 Å². The van der Waals surface area contributed by atoms with Crippen molar-refractivity contribution in [2.24, 2.45) is 0 Å². The van der Waals surface area contributed by atoms with Crippen molar-refractivity contribution in [1.82, 2.24) is 0 Å². The Morgan fingerprint density at radius 3 is 1.92 bits per heavy atom. The minimum Gasteiger partial charge on any atom is -0.388 e. The highest BCUT2D eigenvalue weighted by atomic mass is 16.3. The van der Waals surface area contributed by atoms with Crippen molar-refractivity contribution in [3.8, 4) is 11.1 Å². The average molecular weight is 316 g/mol. The zero-order valence-electron chi connectivity index (χ0n) is 14.2. The van der Waals surface area contributed by atoms with Crippen LogP contribution < -0.4 is 0 Å². The minimum atomic E-state index is -0.398. The third-order valence-electron chi connectivity index (χ3n) is 4.54. The molecule has 0 fully saturated rings. The summed E-state index contributed by atoms with van der Waals surface area (Å²) in [5, 5.41) is 10.4. The maximum Gasteiger partial charge on any atom is 0.0793 e. The van der Waals surface area contributed by atoms with E-state index in [0.717, 1.165) is 24.8 Å². The fourth-order valence-electron chi connectivity index (χ4n) is 2.94. The minimum absolute atomic E-state index is 0.398. The predicted octanol–water partition coefficient (Wildman–Crippen LogP) is 5.58. The van der Waals surface area contributed by atoms with Crippen LogP contribution in [-0.4, -0.2) is 5.11 Å². The van der Waals surface area contributed by atoms with Crippen LogP contribution in [0.3, 0.4) is 0 Å². The lowest BCUT2D eigenvalue weighted by atomic mass is 9.98. The summed E-state index contributed by atoms with van der Waals surface area (Å²) in [5.74, 6) is 0. The number of benzene rings is 3. The van der Waals surface area contributed by atoms with Gasteiger partial charge in [-0.15, -0.1) is 0 Å². The summed E-state index contributed by atoms with van der Waals surface area (Å²) in [6.45, 7) is 2.14. The Bertz CT molecular complexity index is 742. The first-order valence-corrected chi connectivity index (χ1v) is 8.67. The van der Waals surface area contributed by atoms with E-state index in [0.29, 0.717) is 0 Å². The number of aliphatic hydroxyl groups excluding tert-OH is 1. The molecule has 1 nitrogen and oxygen atoms in total. The van der Waals surface area contributed by atoms with E-state index in [1.807, 2.05) is 18.2 Å². The summed E-state index contributed by atoms with van der Waals surface area (Å²) in [6.07, 6.45) is 2.26. The summed E-state index contributed by atoms with van der Waals surface area (Å²) >= 11 is 0. The summed E-state index contributed by atoms with van der Waals surface area (Å²) in [5.41, 5.74) is 6.05. The summed E-state index contributed by atoms with van der Waals surface area (Å²) in [6, 6.07) is 27.3. The van der Waals surface area contributed by atoms with Crippen LogP contribution in [0.5, 0.6) is 0 Å². The van der Waals surface area contributed by atoms with Crippen LogP contribution in [0.1, 0.15) is 36.1 Å². The second kappa shape index (κ2) is 7.94. The molecule has 1 heteroatoms. The van der Waals surface area contributed by atoms with Crippen LogP contribution in [0.4, 0.5) is 0 Å². The third kappa shape index (κ3) is 4.12. The average Bonchev–Trinajstić information content (AvgIpc) is 2.67. The topological polar surface area (TPSA) is 20.2 Å². The van der Waals surface area contributed by atoms with Gasteiger partial charge >= 0.3 is 0 Å². The molecule has 0 aliphatic heterocycles. The van der Waals surface area contributed by atoms with Gasteiger partial charge in [0.1, 0.15) is 0 Å². The highest BCUT2D eigenvalue weighted by molar-refractivity contribution is 5.63. The summed E-state index contributed by atoms with van der Waals surface area (Å²) < 4.78 is 0. The maximum atomic E-state index is 10.4. The third-order valence-corrected chi connectivity index (χ3v) is 4.54. The first kappa shape index (κ1) is 16.5. The van der Waals surface area contributed by atoms with Crippen LogP contribution in [0.2, 0.25) is 0 Å². The monoisotopic (exact) mass is 316 g/mol. The van der Waals surface area contributed by atoms with Gasteiger partial charge in [-0.2, -0.15) is 0 Å². The molecule has 0 aliphatic carbocycles. The van der Waals surface area contributed by atoms with Gasteiger partial charge in [0.25, 0.3) is 0 Å². The van der Waals surface area contributed by atoms with Crippen molar-refractivity contribution >= 4 is 0 Å². The second-order valence-corrected chi connectivity index (χ2v) is 6.21. The van der Waals surface area contributed by atoms with Crippen LogP contribution in [0.15, 0.2) is 78.9 Å². The molecule has 0 aliphatic rings. The number of hydrogen-bond acceptors (Lipinski definition) is 1. The highest BCUT2D eigenvalue weighted by Gasteiger charge is 2.08. The molecule has 0 saturated carbocycles. The second-order valence-electron chi connectivity index (χ2n) is 6.21. The molecule has 0 aromatic heterocycles. The van der Waals surface area contributed by atoms with E-state index < -0.39 is 6.10 Å². The molecule has 0 heterocycles. The summed E-state index contributed by atoms with van der Waals surface area (Å²) in [4.78, 5) is 0. The van der Waals surface area contributed by atoms with E-state index in [-0.39, 0.29) is 0 Å². The molecule has 3 rings (SSSR count). The van der Waals surface area contributed by atoms with Gasteiger partial charge in [-0.05, 0) is 47.1 Å². The van der Waals surface area contributed by atoms with E-state index in [1.54, 1.807) is 0 Å².